The molecule has 38 heavy (non-hydrogen) atoms. The molecule has 0 aliphatic rings. The fourth-order valence-electron chi connectivity index (χ4n) is 3.57. The molecule has 3 aromatic rings. The van der Waals surface area contributed by atoms with Crippen LogP contribution in [0.2, 0.25) is 0 Å². The minimum absolute atomic E-state index is 0.00493. The number of amides is 1. The number of rotatable bonds is 12. The first-order valence-corrected chi connectivity index (χ1v) is 11.7. The Kier molecular flexibility index (Phi) is 9.60. The Morgan fingerprint density at radius 1 is 1.13 bits per heavy atom. The zero-order chi connectivity index (χ0) is 27.5. The minimum atomic E-state index is -0.556. The van der Waals surface area contributed by atoms with Crippen LogP contribution in [0.25, 0.3) is 6.08 Å². The predicted molar refractivity (Wildman–Crippen MR) is 144 cm³/mol. The average Bonchev–Trinajstić information content (AvgIpc) is 2.92. The van der Waals surface area contributed by atoms with Gasteiger partial charge in [0.2, 0.25) is 0 Å². The highest BCUT2D eigenvalue weighted by atomic mass is 16.6. The largest absolute Gasteiger partial charge is 0.494 e. The molecule has 3 aromatic carbocycles. The summed E-state index contributed by atoms with van der Waals surface area (Å²) < 4.78 is 17.0. The number of hydrogen-bond acceptors (Lipinski definition) is 7. The van der Waals surface area contributed by atoms with Gasteiger partial charge in [0.15, 0.2) is 11.5 Å². The number of nitrogens with zero attached hydrogens (tertiary/aromatic N) is 2. The highest BCUT2D eigenvalue weighted by Crippen LogP contribution is 2.35. The molecule has 3 rings (SSSR count). The van der Waals surface area contributed by atoms with Crippen molar-refractivity contribution in [2.45, 2.75) is 20.0 Å². The second-order valence-electron chi connectivity index (χ2n) is 8.00. The third kappa shape index (κ3) is 7.21. The van der Waals surface area contributed by atoms with E-state index in [1.54, 1.807) is 54.6 Å². The van der Waals surface area contributed by atoms with Gasteiger partial charge in [-0.25, -0.2) is 0 Å². The Morgan fingerprint density at radius 2 is 1.84 bits per heavy atom. The van der Waals surface area contributed by atoms with Gasteiger partial charge in [-0.15, -0.1) is 6.58 Å². The first kappa shape index (κ1) is 27.5. The summed E-state index contributed by atoms with van der Waals surface area (Å²) in [7, 11) is 1.49. The smallest absolute Gasteiger partial charge is 0.269 e. The van der Waals surface area contributed by atoms with E-state index >= 15 is 0 Å². The minimum Gasteiger partial charge on any atom is -0.494 e. The topological polar surface area (TPSA) is 124 Å². The number of ether oxygens (including phenoxy) is 3. The summed E-state index contributed by atoms with van der Waals surface area (Å²) in [5, 5.41) is 23.2. The van der Waals surface area contributed by atoms with Gasteiger partial charge < -0.3 is 19.5 Å². The first-order valence-electron chi connectivity index (χ1n) is 11.7. The number of benzene rings is 3. The molecular formula is C29H27N3O6. The average molecular weight is 514 g/mol. The lowest BCUT2D eigenvalue weighted by Gasteiger charge is -2.16. The van der Waals surface area contributed by atoms with E-state index in [0.29, 0.717) is 41.5 Å². The van der Waals surface area contributed by atoms with E-state index in [2.05, 4.69) is 11.9 Å². The Labute approximate surface area is 220 Å². The van der Waals surface area contributed by atoms with Crippen LogP contribution in [0.3, 0.4) is 0 Å². The van der Waals surface area contributed by atoms with Gasteiger partial charge in [-0.2, -0.15) is 5.26 Å². The number of hydrogen-bond donors (Lipinski definition) is 1. The van der Waals surface area contributed by atoms with Gasteiger partial charge in [-0.05, 0) is 79.1 Å². The van der Waals surface area contributed by atoms with Gasteiger partial charge in [-0.3, -0.25) is 14.9 Å². The van der Waals surface area contributed by atoms with Gasteiger partial charge >= 0.3 is 0 Å². The van der Waals surface area contributed by atoms with Crippen LogP contribution < -0.4 is 19.5 Å². The maximum atomic E-state index is 12.8. The van der Waals surface area contributed by atoms with Crippen LogP contribution >= 0.6 is 0 Å². The maximum absolute atomic E-state index is 12.8. The van der Waals surface area contributed by atoms with Crippen LogP contribution in [0, 0.1) is 21.4 Å². The Hall–Kier alpha value is -5.10. The van der Waals surface area contributed by atoms with E-state index in [-0.39, 0.29) is 17.9 Å². The van der Waals surface area contributed by atoms with Crippen molar-refractivity contribution in [3.05, 3.63) is 106 Å². The molecule has 0 aliphatic heterocycles. The quantitative estimate of drug-likeness (QED) is 0.106. The number of allylic oxidation sites excluding steroid dienone is 1. The van der Waals surface area contributed by atoms with Gasteiger partial charge in [-0.1, -0.05) is 6.08 Å². The van der Waals surface area contributed by atoms with Crippen molar-refractivity contribution in [1.29, 1.82) is 5.26 Å². The molecule has 9 nitrogen and oxygen atoms in total. The number of nitro benzene ring substituents is 1. The summed E-state index contributed by atoms with van der Waals surface area (Å²) in [4.78, 5) is 23.2. The van der Waals surface area contributed by atoms with E-state index in [1.807, 2.05) is 13.0 Å². The summed E-state index contributed by atoms with van der Waals surface area (Å²) >= 11 is 0. The van der Waals surface area contributed by atoms with Crippen molar-refractivity contribution < 1.29 is 23.9 Å². The monoisotopic (exact) mass is 513 g/mol. The van der Waals surface area contributed by atoms with Crippen molar-refractivity contribution in [3.63, 3.8) is 0 Å². The SMILES string of the molecule is C=CCc1cc(/C=C(\C#N)C(=O)Nc2ccc(OCC)cc2)cc(OC)c1OCc1ccc([N+](=O)[O-])cc1. The van der Waals surface area contributed by atoms with Gasteiger partial charge in [0.05, 0.1) is 18.6 Å². The number of methoxy groups -OCH3 is 1. The number of carbonyl (C=O) groups excluding carboxylic acids is 1. The predicted octanol–water partition coefficient (Wildman–Crippen LogP) is 5.86. The summed E-state index contributed by atoms with van der Waals surface area (Å²) in [6.07, 6.45) is 3.61. The van der Waals surface area contributed by atoms with E-state index in [1.165, 1.54) is 25.3 Å². The summed E-state index contributed by atoms with van der Waals surface area (Å²) in [5.41, 5.74) is 2.47. The van der Waals surface area contributed by atoms with Gasteiger partial charge in [0.1, 0.15) is 24.0 Å². The molecule has 1 N–H and O–H groups in total. The van der Waals surface area contributed by atoms with Crippen LogP contribution in [0.1, 0.15) is 23.6 Å². The molecule has 194 valence electrons. The second-order valence-corrected chi connectivity index (χ2v) is 8.00. The van der Waals surface area contributed by atoms with Crippen molar-refractivity contribution >= 4 is 23.4 Å². The van der Waals surface area contributed by atoms with Crippen LogP contribution in [-0.4, -0.2) is 24.5 Å². The highest BCUT2D eigenvalue weighted by Gasteiger charge is 2.15. The van der Waals surface area contributed by atoms with Crippen LogP contribution in [0.5, 0.6) is 17.2 Å². The molecule has 0 saturated heterocycles. The van der Waals surface area contributed by atoms with Crippen LogP contribution in [0.15, 0.2) is 78.9 Å². The molecule has 0 atom stereocenters. The molecule has 0 radical (unpaired) electrons. The number of anilines is 1. The summed E-state index contributed by atoms with van der Waals surface area (Å²) in [6, 6.07) is 18.3. The lowest BCUT2D eigenvalue weighted by Crippen LogP contribution is -2.13. The van der Waals surface area contributed by atoms with E-state index in [0.717, 1.165) is 11.1 Å². The molecule has 1 amide bonds. The molecule has 0 aliphatic carbocycles. The molecule has 9 heteroatoms. The van der Waals surface area contributed by atoms with Gasteiger partial charge in [0, 0.05) is 23.4 Å². The maximum Gasteiger partial charge on any atom is 0.269 e. The van der Waals surface area contributed by atoms with Gasteiger partial charge in [0.25, 0.3) is 11.6 Å². The third-order valence-electron chi connectivity index (χ3n) is 5.37. The number of carbonyl (C=O) groups is 1. The molecule has 0 spiro atoms. The number of nitro groups is 1. The normalized spacial score (nSPS) is 10.7. The van der Waals surface area contributed by atoms with Crippen molar-refractivity contribution in [3.8, 4) is 23.3 Å². The molecular weight excluding hydrogens is 486 g/mol. The summed E-state index contributed by atoms with van der Waals surface area (Å²) in [5.74, 6) is 1.00. The fourth-order valence-corrected chi connectivity index (χ4v) is 3.57. The van der Waals surface area contributed by atoms with Crippen molar-refractivity contribution in [2.75, 3.05) is 19.0 Å². The summed E-state index contributed by atoms with van der Waals surface area (Å²) in [6.45, 7) is 6.36. The lowest BCUT2D eigenvalue weighted by molar-refractivity contribution is -0.384. The highest BCUT2D eigenvalue weighted by molar-refractivity contribution is 6.09. The zero-order valence-corrected chi connectivity index (χ0v) is 21.1. The number of non-ortho nitro benzene ring substituents is 1. The molecule has 0 fully saturated rings. The Balaban J connectivity index is 1.83. The Morgan fingerprint density at radius 3 is 2.42 bits per heavy atom. The van der Waals surface area contributed by atoms with Crippen molar-refractivity contribution in [2.24, 2.45) is 0 Å². The first-order chi connectivity index (χ1) is 18.4. The zero-order valence-electron chi connectivity index (χ0n) is 21.1. The van der Waals surface area contributed by atoms with Crippen LogP contribution in [0.4, 0.5) is 11.4 Å². The lowest BCUT2D eigenvalue weighted by atomic mass is 10.0. The molecule has 0 aromatic heterocycles. The second kappa shape index (κ2) is 13.3. The molecule has 0 heterocycles. The molecule has 0 unspecified atom stereocenters. The van der Waals surface area contributed by atoms with Crippen LogP contribution in [-0.2, 0) is 17.8 Å². The van der Waals surface area contributed by atoms with E-state index in [9.17, 15) is 20.2 Å². The molecule has 0 bridgehead atoms. The van der Waals surface area contributed by atoms with Crippen molar-refractivity contribution in [1.82, 2.24) is 0 Å². The number of nitrogens with one attached hydrogen (secondary N) is 1. The molecule has 0 saturated carbocycles. The fraction of sp³-hybridized carbons (Fsp3) is 0.172. The Bertz CT molecular complexity index is 1370. The standard InChI is InChI=1S/C29H27N3O6/c1-4-6-22-15-21(16-23(18-30)29(33)31-24-9-13-26(14-10-24)37-5-2)17-27(36-3)28(22)38-19-20-7-11-25(12-8-20)32(34)35/h4,7-17H,1,5-6,19H2,2-3H3,(H,31,33)/b23-16+. The van der Waals surface area contributed by atoms with E-state index in [4.69, 9.17) is 14.2 Å². The third-order valence-corrected chi connectivity index (χ3v) is 5.37. The van der Waals surface area contributed by atoms with E-state index < -0.39 is 10.8 Å². The number of nitriles is 1.